The van der Waals surface area contributed by atoms with Crippen molar-refractivity contribution in [3.05, 3.63) is 141 Å². The first-order valence-electron chi connectivity index (χ1n) is 11.9. The number of halogens is 1. The fourth-order valence-electron chi connectivity index (χ4n) is 4.40. The summed E-state index contributed by atoms with van der Waals surface area (Å²) in [4.78, 5) is 29.3. The molecule has 0 fully saturated rings. The fraction of sp³-hybridized carbons (Fsp3) is 0.0625. The zero-order chi connectivity index (χ0) is 25.8. The van der Waals surface area contributed by atoms with Gasteiger partial charge < -0.3 is 9.72 Å². The Morgan fingerprint density at radius 1 is 0.892 bits per heavy atom. The van der Waals surface area contributed by atoms with Crippen molar-refractivity contribution in [1.29, 1.82) is 0 Å². The Hall–Kier alpha value is -4.41. The van der Waals surface area contributed by atoms with E-state index in [1.54, 1.807) is 31.4 Å². The molecule has 1 aromatic heterocycles. The van der Waals surface area contributed by atoms with Crippen LogP contribution in [0.5, 0.6) is 5.75 Å². The number of ketones is 1. The summed E-state index contributed by atoms with van der Waals surface area (Å²) in [7, 11) is 1.64. The first kappa shape index (κ1) is 24.3. The van der Waals surface area contributed by atoms with Crippen LogP contribution in [0.25, 0.3) is 28.1 Å². The number of allylic oxidation sites excluding steroid dienone is 1. The van der Waals surface area contributed by atoms with Crippen LogP contribution in [0.15, 0.2) is 108 Å². The molecule has 182 valence electrons. The summed E-state index contributed by atoms with van der Waals surface area (Å²) in [5.41, 5.74) is 5.01. The summed E-state index contributed by atoms with van der Waals surface area (Å²) >= 11 is 6.28. The van der Waals surface area contributed by atoms with Crippen molar-refractivity contribution in [2.45, 2.75) is 6.42 Å². The van der Waals surface area contributed by atoms with Crippen LogP contribution in [-0.2, 0) is 6.42 Å². The van der Waals surface area contributed by atoms with Gasteiger partial charge in [0.15, 0.2) is 5.78 Å². The fourth-order valence-corrected chi connectivity index (χ4v) is 4.57. The van der Waals surface area contributed by atoms with E-state index in [1.165, 1.54) is 6.08 Å². The second kappa shape index (κ2) is 10.7. The molecule has 0 aliphatic rings. The average Bonchev–Trinajstić information content (AvgIpc) is 2.93. The van der Waals surface area contributed by atoms with Gasteiger partial charge in [-0.05, 0) is 70.6 Å². The van der Waals surface area contributed by atoms with E-state index >= 15 is 0 Å². The van der Waals surface area contributed by atoms with E-state index in [1.807, 2.05) is 78.9 Å². The molecule has 5 aromatic rings. The molecule has 0 aliphatic carbocycles. The van der Waals surface area contributed by atoms with Crippen molar-refractivity contribution in [3.8, 4) is 16.9 Å². The number of fused-ring (bicyclic) bond motifs is 1. The van der Waals surface area contributed by atoms with E-state index in [4.69, 9.17) is 16.3 Å². The molecule has 4 nitrogen and oxygen atoms in total. The molecule has 1 N–H and O–H groups in total. The number of benzene rings is 4. The van der Waals surface area contributed by atoms with Gasteiger partial charge in [-0.15, -0.1) is 0 Å². The standard InChI is InChI=1S/C32H24ClNO3/c1-37-26-15-12-24(13-16-26)23-10-7-21(8-11-23)9-18-30(35)31-28(19-22-5-3-2-4-6-22)27-20-25(33)14-17-29(27)34-32(31)36/h2-18,20H,19H2,1H3,(H,34,36)/b18-9+. The Kier molecular flexibility index (Phi) is 7.02. The van der Waals surface area contributed by atoms with E-state index in [0.717, 1.165) is 33.4 Å². The van der Waals surface area contributed by atoms with Gasteiger partial charge >= 0.3 is 0 Å². The van der Waals surface area contributed by atoms with E-state index < -0.39 is 5.56 Å². The highest BCUT2D eigenvalue weighted by Gasteiger charge is 2.18. The number of carbonyl (C=O) groups excluding carboxylic acids is 1. The van der Waals surface area contributed by atoms with Gasteiger partial charge in [0.1, 0.15) is 5.75 Å². The molecule has 0 unspecified atom stereocenters. The third-order valence-corrected chi connectivity index (χ3v) is 6.55. The number of aromatic amines is 1. The van der Waals surface area contributed by atoms with Crippen LogP contribution in [0.1, 0.15) is 27.0 Å². The third-order valence-electron chi connectivity index (χ3n) is 6.32. The van der Waals surface area contributed by atoms with Gasteiger partial charge in [-0.2, -0.15) is 0 Å². The molecule has 0 amide bonds. The van der Waals surface area contributed by atoms with E-state index in [2.05, 4.69) is 4.98 Å². The number of hydrogen-bond acceptors (Lipinski definition) is 3. The Morgan fingerprint density at radius 2 is 1.57 bits per heavy atom. The molecule has 4 aromatic carbocycles. The van der Waals surface area contributed by atoms with Gasteiger partial charge in [0.2, 0.25) is 0 Å². The number of ether oxygens (including phenoxy) is 1. The van der Waals surface area contributed by atoms with Gasteiger partial charge in [0, 0.05) is 15.9 Å². The first-order chi connectivity index (χ1) is 18.0. The Balaban J connectivity index is 1.47. The maximum atomic E-state index is 13.4. The van der Waals surface area contributed by atoms with Crippen molar-refractivity contribution in [2.24, 2.45) is 0 Å². The number of H-pyrrole nitrogens is 1. The van der Waals surface area contributed by atoms with Crippen LogP contribution in [-0.4, -0.2) is 17.9 Å². The highest BCUT2D eigenvalue weighted by molar-refractivity contribution is 6.31. The molecular weight excluding hydrogens is 482 g/mol. The Morgan fingerprint density at radius 3 is 2.24 bits per heavy atom. The molecule has 0 spiro atoms. The Bertz CT molecular complexity index is 1650. The highest BCUT2D eigenvalue weighted by Crippen LogP contribution is 2.26. The van der Waals surface area contributed by atoms with Crippen LogP contribution in [0.4, 0.5) is 0 Å². The molecule has 5 rings (SSSR count). The molecule has 37 heavy (non-hydrogen) atoms. The van der Waals surface area contributed by atoms with Gasteiger partial charge in [-0.1, -0.05) is 84.4 Å². The van der Waals surface area contributed by atoms with E-state index in [9.17, 15) is 9.59 Å². The topological polar surface area (TPSA) is 59.2 Å². The minimum Gasteiger partial charge on any atom is -0.497 e. The molecule has 1 heterocycles. The summed E-state index contributed by atoms with van der Waals surface area (Å²) in [6.07, 6.45) is 3.62. The lowest BCUT2D eigenvalue weighted by Gasteiger charge is -2.12. The smallest absolute Gasteiger partial charge is 0.259 e. The minimum absolute atomic E-state index is 0.129. The van der Waals surface area contributed by atoms with Gasteiger partial charge in [0.25, 0.3) is 5.56 Å². The van der Waals surface area contributed by atoms with Crippen molar-refractivity contribution in [3.63, 3.8) is 0 Å². The molecule has 0 aliphatic heterocycles. The van der Waals surface area contributed by atoms with Crippen molar-refractivity contribution in [1.82, 2.24) is 4.98 Å². The normalized spacial score (nSPS) is 11.2. The number of rotatable bonds is 7. The van der Waals surface area contributed by atoms with Gasteiger partial charge in [-0.25, -0.2) is 0 Å². The van der Waals surface area contributed by atoms with Crippen molar-refractivity contribution in [2.75, 3.05) is 7.11 Å². The summed E-state index contributed by atoms with van der Waals surface area (Å²) < 4.78 is 5.22. The molecule has 0 bridgehead atoms. The van der Waals surface area contributed by atoms with Crippen LogP contribution in [0, 0.1) is 0 Å². The van der Waals surface area contributed by atoms with Crippen LogP contribution >= 0.6 is 11.6 Å². The zero-order valence-electron chi connectivity index (χ0n) is 20.2. The van der Waals surface area contributed by atoms with E-state index in [-0.39, 0.29) is 11.3 Å². The second-order valence-corrected chi connectivity index (χ2v) is 9.14. The monoisotopic (exact) mass is 505 g/mol. The largest absolute Gasteiger partial charge is 0.497 e. The minimum atomic E-state index is -0.412. The lowest BCUT2D eigenvalue weighted by Crippen LogP contribution is -2.20. The molecule has 0 saturated carbocycles. The molecule has 0 saturated heterocycles. The SMILES string of the molecule is COc1ccc(-c2ccc(/C=C/C(=O)c3c(Cc4ccccc4)c4cc(Cl)ccc4[nH]c3=O)cc2)cc1. The quantitative estimate of drug-likeness (QED) is 0.186. The maximum absolute atomic E-state index is 13.4. The predicted octanol–water partition coefficient (Wildman–Crippen LogP) is 7.34. The number of carbonyl (C=O) groups is 1. The lowest BCUT2D eigenvalue weighted by atomic mass is 9.94. The predicted molar refractivity (Wildman–Crippen MR) is 151 cm³/mol. The van der Waals surface area contributed by atoms with Crippen LogP contribution < -0.4 is 10.3 Å². The number of hydrogen-bond donors (Lipinski definition) is 1. The first-order valence-corrected chi connectivity index (χ1v) is 12.2. The summed E-state index contributed by atoms with van der Waals surface area (Å²) in [6.45, 7) is 0. The number of pyridine rings is 1. The van der Waals surface area contributed by atoms with E-state index in [0.29, 0.717) is 22.5 Å². The van der Waals surface area contributed by atoms with Crippen molar-refractivity contribution >= 4 is 34.4 Å². The molecular formula is C32H24ClNO3. The van der Waals surface area contributed by atoms with Gasteiger partial charge in [0.05, 0.1) is 12.7 Å². The van der Waals surface area contributed by atoms with Gasteiger partial charge in [-0.3, -0.25) is 9.59 Å². The Labute approximate surface area is 219 Å². The summed E-state index contributed by atoms with van der Waals surface area (Å²) in [5.74, 6) is 0.452. The highest BCUT2D eigenvalue weighted by atomic mass is 35.5. The number of nitrogens with one attached hydrogen (secondary N) is 1. The zero-order valence-corrected chi connectivity index (χ0v) is 21.0. The number of methoxy groups -OCH3 is 1. The number of aromatic nitrogens is 1. The maximum Gasteiger partial charge on any atom is 0.259 e. The molecule has 5 heteroatoms. The van der Waals surface area contributed by atoms with Crippen molar-refractivity contribution < 1.29 is 9.53 Å². The third kappa shape index (κ3) is 5.40. The summed E-state index contributed by atoms with van der Waals surface area (Å²) in [6, 6.07) is 30.8. The summed E-state index contributed by atoms with van der Waals surface area (Å²) in [5, 5.41) is 1.30. The van der Waals surface area contributed by atoms with Crippen LogP contribution in [0.3, 0.4) is 0 Å². The lowest BCUT2D eigenvalue weighted by molar-refractivity contribution is 0.104. The average molecular weight is 506 g/mol. The second-order valence-electron chi connectivity index (χ2n) is 8.71. The molecule has 0 radical (unpaired) electrons. The molecule has 0 atom stereocenters. The van der Waals surface area contributed by atoms with Crippen LogP contribution in [0.2, 0.25) is 5.02 Å².